The fraction of sp³-hybridized carbons (Fsp3) is 0.867. The molecule has 1 spiro atoms. The molecule has 0 bridgehead atoms. The second-order valence-electron chi connectivity index (χ2n) is 11.2. The second-order valence-corrected chi connectivity index (χ2v) is 34.8. The Morgan fingerprint density at radius 3 is 1.45 bits per heavy atom. The summed E-state index contributed by atoms with van der Waals surface area (Å²) in [6.07, 6.45) is 0. The Hall–Kier alpha value is -0.541. The van der Waals surface area contributed by atoms with Crippen LogP contribution in [0, 0.1) is 5.92 Å². The second kappa shape index (κ2) is 0.719. The first-order chi connectivity index (χ1) is 9.39. The number of methoxy groups -OCH3 is 2. The van der Waals surface area contributed by atoms with Crippen molar-refractivity contribution in [3.8, 4) is 0 Å². The summed E-state index contributed by atoms with van der Waals surface area (Å²) in [5.41, 5.74) is 0. The van der Waals surface area contributed by atoms with Gasteiger partial charge >= 0.3 is 105 Å². The number of carbonyl (C=O) groups excluding carboxylic acids is 2. The van der Waals surface area contributed by atoms with Gasteiger partial charge in [0.1, 0.15) is 0 Å². The van der Waals surface area contributed by atoms with E-state index in [1.165, 1.54) is 14.2 Å². The van der Waals surface area contributed by atoms with Gasteiger partial charge in [-0.3, -0.25) is 0 Å². The van der Waals surface area contributed by atoms with Gasteiger partial charge in [0.25, 0.3) is 0 Å². The van der Waals surface area contributed by atoms with E-state index in [-0.39, 0.29) is 16.3 Å². The monoisotopic (exact) mass is 316 g/mol. The van der Waals surface area contributed by atoms with Gasteiger partial charge in [0.15, 0.2) is 0 Å². The van der Waals surface area contributed by atoms with Crippen LogP contribution in [-0.4, -0.2) is 26.2 Å². The van der Waals surface area contributed by atoms with Crippen LogP contribution in [0.4, 0.5) is 0 Å². The van der Waals surface area contributed by atoms with Gasteiger partial charge in [-0.25, -0.2) is 0 Å². The van der Waals surface area contributed by atoms with Gasteiger partial charge in [-0.1, -0.05) is 0 Å². The molecule has 0 aromatic carbocycles. The summed E-state index contributed by atoms with van der Waals surface area (Å²) in [4.78, 5) is 34.5. The molecule has 0 saturated carbocycles. The van der Waals surface area contributed by atoms with Crippen molar-refractivity contribution >= 4 is 11.9 Å². The van der Waals surface area contributed by atoms with Crippen molar-refractivity contribution < 1.29 is 25.6 Å². The minimum atomic E-state index is -3.43. The summed E-state index contributed by atoms with van der Waals surface area (Å²) in [7, 11) is 2.87. The van der Waals surface area contributed by atoms with Crippen molar-refractivity contribution in [1.82, 2.24) is 0 Å². The van der Waals surface area contributed by atoms with Crippen molar-refractivity contribution in [3.63, 3.8) is 0 Å². The molecule has 5 heteroatoms. The molecule has 10 heterocycles. The number of esters is 2. The predicted molar refractivity (Wildman–Crippen MR) is 64.0 cm³/mol. The molecule has 0 aromatic rings. The van der Waals surface area contributed by atoms with Crippen LogP contribution >= 0.6 is 0 Å². The zero-order chi connectivity index (χ0) is 13.2. The fourth-order valence-corrected chi connectivity index (χ4v) is 92.7. The van der Waals surface area contributed by atoms with E-state index >= 15 is 0 Å². The maximum absolute atomic E-state index is 12.5. The average molecular weight is 316 g/mol. The first kappa shape index (κ1) is 8.19. The van der Waals surface area contributed by atoms with E-state index in [4.69, 9.17) is 9.47 Å². The summed E-state index contributed by atoms with van der Waals surface area (Å²) in [5, 5.41) is 0. The molecular weight excluding hydrogens is 300 g/mol. The average Bonchev–Trinajstić information content (AvgIpc) is 3.39. The van der Waals surface area contributed by atoms with Gasteiger partial charge in [-0.05, 0) is 0 Å². The van der Waals surface area contributed by atoms with Crippen LogP contribution < -0.4 is 0 Å². The number of carbonyl (C=O) groups is 2. The molecule has 4 atom stereocenters. The van der Waals surface area contributed by atoms with Crippen LogP contribution in [0.3, 0.4) is 0 Å². The number of ether oxygens (including phenoxy) is 2. The topological polar surface area (TPSA) is 52.6 Å². The number of fused-ring (bicyclic) bond motifs is 10. The van der Waals surface area contributed by atoms with Crippen LogP contribution in [0.2, 0.25) is 47.7 Å². The zero-order valence-electron chi connectivity index (χ0n) is 11.3. The Morgan fingerprint density at radius 1 is 0.850 bits per heavy atom. The van der Waals surface area contributed by atoms with Gasteiger partial charge in [-0.2, -0.15) is 0 Å². The van der Waals surface area contributed by atoms with Crippen LogP contribution in [0.5, 0.6) is 0 Å². The van der Waals surface area contributed by atoms with Gasteiger partial charge in [0.05, 0.1) is 0 Å². The summed E-state index contributed by atoms with van der Waals surface area (Å²) < 4.78 is 10.3. The van der Waals surface area contributed by atoms with E-state index in [9.17, 15) is 9.59 Å². The first-order valence-corrected chi connectivity index (χ1v) is 14.0. The van der Waals surface area contributed by atoms with Crippen LogP contribution in [-0.2, 0) is 25.6 Å². The van der Waals surface area contributed by atoms with Crippen molar-refractivity contribution in [2.45, 2.75) is 47.7 Å². The number of rotatable bonds is 3. The fourth-order valence-electron chi connectivity index (χ4n) is 17.9. The Balaban J connectivity index is 1.44. The van der Waals surface area contributed by atoms with Crippen molar-refractivity contribution in [2.24, 2.45) is 5.92 Å². The Bertz CT molecular complexity index is 1010. The van der Waals surface area contributed by atoms with Gasteiger partial charge in [0, 0.05) is 0 Å². The van der Waals surface area contributed by atoms with Crippen molar-refractivity contribution in [1.29, 1.82) is 0 Å². The molecule has 0 radical (unpaired) electrons. The third-order valence-electron chi connectivity index (χ3n) is 16.1. The first-order valence-electron chi connectivity index (χ1n) is 7.76. The van der Waals surface area contributed by atoms with Crippen molar-refractivity contribution in [2.75, 3.05) is 14.2 Å². The summed E-state index contributed by atoms with van der Waals surface area (Å²) in [6, 6.07) is 0. The van der Waals surface area contributed by atoms with E-state index in [1.54, 1.807) is 0 Å². The molecule has 10 saturated heterocycles. The van der Waals surface area contributed by atoms with Gasteiger partial charge < -0.3 is 0 Å². The molecule has 0 amide bonds. The Labute approximate surface area is 105 Å². The molecule has 10 fully saturated rings. The normalized spacial score (nSPS) is 103. The summed E-state index contributed by atoms with van der Waals surface area (Å²) in [5.74, 6) is -1.07. The van der Waals surface area contributed by atoms with Crippen LogP contribution in [0.25, 0.3) is 0 Å². The van der Waals surface area contributed by atoms with E-state index in [1.807, 2.05) is 0 Å². The summed E-state index contributed by atoms with van der Waals surface area (Å²) in [6.45, 7) is -3.43. The Morgan fingerprint density at radius 2 is 1.25 bits per heavy atom. The van der Waals surface area contributed by atoms with E-state index in [0.29, 0.717) is 0 Å². The quantitative estimate of drug-likeness (QED) is 0.456. The third-order valence-corrected chi connectivity index (χ3v) is 58.7. The Kier molecular flexibility index (Phi) is 0.294. The number of hydrogen-bond acceptors (Lipinski definition) is 4. The molecule has 4 nitrogen and oxygen atoms in total. The molecule has 10 aliphatic rings. The number of hydrogen-bond donors (Lipinski definition) is 0. The molecule has 4 unspecified atom stereocenters. The van der Waals surface area contributed by atoms with E-state index in [2.05, 4.69) is 0 Å². The molecule has 20 heavy (non-hydrogen) atoms. The molecule has 0 aromatic heterocycles. The third kappa shape index (κ3) is 0.0891. The minimum absolute atomic E-state index is 0.208. The molecule has 10 rings (SSSR count). The molecule has 108 valence electrons. The van der Waals surface area contributed by atoms with E-state index in [0.717, 1.165) is 43.3 Å². The van der Waals surface area contributed by atoms with Crippen LogP contribution in [0.1, 0.15) is 0 Å². The molecular formula is C15H16FeO4. The van der Waals surface area contributed by atoms with E-state index < -0.39 is 12.4 Å². The SMILES string of the molecule is COC(=O)C(C(=O)OC)[C]12[CH]3[CH]4[CH]5[CH]1[Fe]45321678[CH]2[CH]1[CH]6[CH]7[CH]28. The maximum atomic E-state index is 12.5. The molecule has 0 aliphatic carbocycles. The van der Waals surface area contributed by atoms with Gasteiger partial charge in [0.2, 0.25) is 0 Å². The van der Waals surface area contributed by atoms with Gasteiger partial charge in [-0.15, -0.1) is 0 Å². The molecule has 10 aliphatic heterocycles. The summed E-state index contributed by atoms with van der Waals surface area (Å²) >= 11 is 0. The predicted octanol–water partition coefficient (Wildman–Crippen LogP) is 2.71. The van der Waals surface area contributed by atoms with Crippen molar-refractivity contribution in [3.05, 3.63) is 0 Å². The zero-order valence-corrected chi connectivity index (χ0v) is 12.4. The molecule has 0 N–H and O–H groups in total. The standard InChI is InChI=1S/C10H11O4.C5H5.Fe/c1-13-9(11)8(10(12)14-2)7-5-3-4-6-7;1-2-4-5-3-1;/h3-6,8H,1-2H3;1-5H;. The van der Waals surface area contributed by atoms with Crippen LogP contribution in [0.15, 0.2) is 0 Å².